The van der Waals surface area contributed by atoms with Gasteiger partial charge in [0.05, 0.1) is 6.42 Å². The van der Waals surface area contributed by atoms with E-state index < -0.39 is 30.2 Å². The highest BCUT2D eigenvalue weighted by Gasteiger charge is 2.21. The third-order valence-corrected chi connectivity index (χ3v) is 3.30. The number of benzene rings is 1. The SMILES string of the molecule is NC(=O)CC(NC(=O)CCn1ccc2ccccc21)C(=O)O. The summed E-state index contributed by atoms with van der Waals surface area (Å²) in [5.41, 5.74) is 5.96. The number of nitrogens with zero attached hydrogens (tertiary/aromatic N) is 1. The largest absolute Gasteiger partial charge is 0.480 e. The summed E-state index contributed by atoms with van der Waals surface area (Å²) in [5.74, 6) is -2.49. The zero-order valence-electron chi connectivity index (χ0n) is 11.9. The van der Waals surface area contributed by atoms with Crippen molar-refractivity contribution < 1.29 is 19.5 Å². The number of carboxylic acid groups (broad SMARTS) is 1. The van der Waals surface area contributed by atoms with Crippen molar-refractivity contribution in [3.8, 4) is 0 Å². The zero-order chi connectivity index (χ0) is 16.1. The summed E-state index contributed by atoms with van der Waals surface area (Å²) >= 11 is 0. The maximum atomic E-state index is 11.8. The Morgan fingerprint density at radius 1 is 1.23 bits per heavy atom. The number of carbonyl (C=O) groups is 3. The number of fused-ring (bicyclic) bond motifs is 1. The van der Waals surface area contributed by atoms with Gasteiger partial charge in [-0.15, -0.1) is 0 Å². The van der Waals surface area contributed by atoms with Crippen LogP contribution < -0.4 is 11.1 Å². The van der Waals surface area contributed by atoms with Gasteiger partial charge in [0.15, 0.2) is 0 Å². The molecule has 0 aliphatic rings. The number of aliphatic carboxylic acids is 1. The third kappa shape index (κ3) is 3.85. The molecule has 2 rings (SSSR count). The number of aromatic nitrogens is 1. The van der Waals surface area contributed by atoms with Gasteiger partial charge < -0.3 is 20.7 Å². The number of nitrogens with two attached hydrogens (primary N) is 1. The Kier molecular flexibility index (Phi) is 4.77. The van der Waals surface area contributed by atoms with E-state index >= 15 is 0 Å². The van der Waals surface area contributed by atoms with Crippen LogP contribution in [0.4, 0.5) is 0 Å². The molecule has 7 nitrogen and oxygen atoms in total. The summed E-state index contributed by atoms with van der Waals surface area (Å²) in [6.07, 6.45) is 1.56. The van der Waals surface area contributed by atoms with Crippen LogP contribution in [-0.2, 0) is 20.9 Å². The van der Waals surface area contributed by atoms with Crippen molar-refractivity contribution in [3.05, 3.63) is 36.5 Å². The van der Waals surface area contributed by atoms with E-state index in [0.29, 0.717) is 6.54 Å². The molecule has 1 atom stereocenters. The van der Waals surface area contributed by atoms with Crippen LogP contribution in [0.1, 0.15) is 12.8 Å². The highest BCUT2D eigenvalue weighted by Crippen LogP contribution is 2.15. The molecule has 0 aliphatic carbocycles. The van der Waals surface area contributed by atoms with Crippen LogP contribution in [0.15, 0.2) is 36.5 Å². The molecule has 0 bridgehead atoms. The molecule has 0 spiro atoms. The van der Waals surface area contributed by atoms with E-state index in [-0.39, 0.29) is 6.42 Å². The number of aryl methyl sites for hydroxylation is 1. The molecule has 0 saturated carbocycles. The maximum absolute atomic E-state index is 11.8. The standard InChI is InChI=1S/C15H17N3O4/c16-13(19)9-11(15(21)22)17-14(20)6-8-18-7-5-10-3-1-2-4-12(10)18/h1-5,7,11H,6,8-9H2,(H2,16,19)(H,17,20)(H,21,22). The van der Waals surface area contributed by atoms with Crippen molar-refractivity contribution in [2.75, 3.05) is 0 Å². The lowest BCUT2D eigenvalue weighted by Gasteiger charge is -2.13. The molecule has 1 heterocycles. The van der Waals surface area contributed by atoms with Crippen LogP contribution >= 0.6 is 0 Å². The van der Waals surface area contributed by atoms with Crippen LogP contribution in [0, 0.1) is 0 Å². The Morgan fingerprint density at radius 2 is 1.95 bits per heavy atom. The number of primary amides is 1. The van der Waals surface area contributed by atoms with Crippen molar-refractivity contribution in [2.45, 2.75) is 25.4 Å². The van der Waals surface area contributed by atoms with Crippen molar-refractivity contribution in [1.82, 2.24) is 9.88 Å². The number of nitrogens with one attached hydrogen (secondary N) is 1. The van der Waals surface area contributed by atoms with Gasteiger partial charge in [0.1, 0.15) is 6.04 Å². The van der Waals surface area contributed by atoms with E-state index in [0.717, 1.165) is 10.9 Å². The van der Waals surface area contributed by atoms with Gasteiger partial charge in [0.25, 0.3) is 0 Å². The Balaban J connectivity index is 1.94. The predicted molar refractivity (Wildman–Crippen MR) is 79.9 cm³/mol. The Hall–Kier alpha value is -2.83. The summed E-state index contributed by atoms with van der Waals surface area (Å²) in [6, 6.07) is 8.42. The normalized spacial score (nSPS) is 12.0. The molecule has 116 valence electrons. The lowest BCUT2D eigenvalue weighted by molar-refractivity contribution is -0.143. The van der Waals surface area contributed by atoms with Gasteiger partial charge in [-0.3, -0.25) is 9.59 Å². The van der Waals surface area contributed by atoms with Gasteiger partial charge in [-0.25, -0.2) is 4.79 Å². The van der Waals surface area contributed by atoms with E-state index in [1.165, 1.54) is 0 Å². The first-order valence-corrected chi connectivity index (χ1v) is 6.81. The minimum Gasteiger partial charge on any atom is -0.480 e. The second-order valence-electron chi connectivity index (χ2n) is 4.95. The summed E-state index contributed by atoms with van der Waals surface area (Å²) in [6.45, 7) is 0.419. The molecule has 2 aromatic rings. The lowest BCUT2D eigenvalue weighted by atomic mass is 10.2. The number of para-hydroxylation sites is 1. The molecule has 7 heteroatoms. The van der Waals surface area contributed by atoms with Gasteiger partial charge in [0.2, 0.25) is 11.8 Å². The fourth-order valence-electron chi connectivity index (χ4n) is 2.23. The Bertz CT molecular complexity index is 708. The average Bonchev–Trinajstić information content (AvgIpc) is 2.87. The van der Waals surface area contributed by atoms with E-state index in [4.69, 9.17) is 10.8 Å². The van der Waals surface area contributed by atoms with Crippen molar-refractivity contribution in [3.63, 3.8) is 0 Å². The number of carboxylic acids is 1. The number of hydrogen-bond acceptors (Lipinski definition) is 3. The van der Waals surface area contributed by atoms with Gasteiger partial charge in [0, 0.05) is 24.7 Å². The summed E-state index contributed by atoms with van der Waals surface area (Å²) < 4.78 is 1.92. The summed E-state index contributed by atoms with van der Waals surface area (Å²) in [5, 5.41) is 12.3. The number of hydrogen-bond donors (Lipinski definition) is 3. The fraction of sp³-hybridized carbons (Fsp3) is 0.267. The molecule has 0 aliphatic heterocycles. The third-order valence-electron chi connectivity index (χ3n) is 3.30. The Labute approximate surface area is 126 Å². The van der Waals surface area contributed by atoms with Crippen LogP contribution in [0.3, 0.4) is 0 Å². The van der Waals surface area contributed by atoms with Gasteiger partial charge >= 0.3 is 5.97 Å². The second kappa shape index (κ2) is 6.75. The molecule has 2 amide bonds. The van der Waals surface area contributed by atoms with E-state index in [1.54, 1.807) is 0 Å². The van der Waals surface area contributed by atoms with Crippen LogP contribution in [0.25, 0.3) is 10.9 Å². The lowest BCUT2D eigenvalue weighted by Crippen LogP contribution is -2.43. The minimum absolute atomic E-state index is 0.112. The summed E-state index contributed by atoms with van der Waals surface area (Å²) in [4.78, 5) is 33.6. The van der Waals surface area contributed by atoms with Gasteiger partial charge in [-0.05, 0) is 17.5 Å². The zero-order valence-corrected chi connectivity index (χ0v) is 11.9. The van der Waals surface area contributed by atoms with E-state index in [1.807, 2.05) is 41.1 Å². The Morgan fingerprint density at radius 3 is 2.64 bits per heavy atom. The van der Waals surface area contributed by atoms with E-state index in [9.17, 15) is 14.4 Å². The maximum Gasteiger partial charge on any atom is 0.326 e. The molecular formula is C15H17N3O4. The number of rotatable bonds is 7. The van der Waals surface area contributed by atoms with Crippen molar-refractivity contribution in [2.24, 2.45) is 5.73 Å². The van der Waals surface area contributed by atoms with Crippen LogP contribution in [0.2, 0.25) is 0 Å². The van der Waals surface area contributed by atoms with Gasteiger partial charge in [-0.1, -0.05) is 18.2 Å². The smallest absolute Gasteiger partial charge is 0.326 e. The van der Waals surface area contributed by atoms with E-state index in [2.05, 4.69) is 5.32 Å². The number of amides is 2. The first-order chi connectivity index (χ1) is 10.5. The quantitative estimate of drug-likeness (QED) is 0.690. The molecule has 1 aromatic carbocycles. The highest BCUT2D eigenvalue weighted by atomic mass is 16.4. The number of carbonyl (C=O) groups excluding carboxylic acids is 2. The fourth-order valence-corrected chi connectivity index (χ4v) is 2.23. The highest BCUT2D eigenvalue weighted by molar-refractivity contribution is 5.88. The molecule has 0 saturated heterocycles. The first kappa shape index (κ1) is 15.6. The first-order valence-electron chi connectivity index (χ1n) is 6.81. The molecule has 1 unspecified atom stereocenters. The van der Waals surface area contributed by atoms with Crippen LogP contribution in [0.5, 0.6) is 0 Å². The molecule has 0 fully saturated rings. The van der Waals surface area contributed by atoms with Crippen molar-refractivity contribution in [1.29, 1.82) is 0 Å². The predicted octanol–water partition coefficient (Wildman–Crippen LogP) is 0.476. The molecule has 0 radical (unpaired) electrons. The molecule has 1 aromatic heterocycles. The van der Waals surface area contributed by atoms with Crippen molar-refractivity contribution >= 4 is 28.7 Å². The monoisotopic (exact) mass is 303 g/mol. The minimum atomic E-state index is -1.29. The summed E-state index contributed by atoms with van der Waals surface area (Å²) in [7, 11) is 0. The van der Waals surface area contributed by atoms with Crippen LogP contribution in [-0.4, -0.2) is 33.5 Å². The molecule has 4 N–H and O–H groups in total. The average molecular weight is 303 g/mol. The second-order valence-corrected chi connectivity index (χ2v) is 4.95. The topological polar surface area (TPSA) is 114 Å². The van der Waals surface area contributed by atoms with Gasteiger partial charge in [-0.2, -0.15) is 0 Å². The molecular weight excluding hydrogens is 286 g/mol. The molecule has 22 heavy (non-hydrogen) atoms.